The number of nitrogens with zero attached hydrogens (tertiary/aromatic N) is 1. The van der Waals surface area contributed by atoms with E-state index in [4.69, 9.17) is 9.47 Å². The number of hydrogen-bond donors (Lipinski definition) is 0. The fourth-order valence-corrected chi connectivity index (χ4v) is 3.52. The highest BCUT2D eigenvalue weighted by Crippen LogP contribution is 2.44. The maximum absolute atomic E-state index is 13.2. The van der Waals surface area contributed by atoms with Crippen LogP contribution in [-0.4, -0.2) is 44.2 Å². The number of carbonyl (C=O) groups excluding carboxylic acids is 1. The summed E-state index contributed by atoms with van der Waals surface area (Å²) in [5.41, 5.74) is 1.74. The molecule has 0 spiro atoms. The lowest BCUT2D eigenvalue weighted by Gasteiger charge is -2.31. The number of rotatable bonds is 6. The van der Waals surface area contributed by atoms with Gasteiger partial charge in [-0.25, -0.2) is 0 Å². The third-order valence-corrected chi connectivity index (χ3v) is 4.56. The average Bonchev–Trinajstić information content (AvgIpc) is 2.58. The summed E-state index contributed by atoms with van der Waals surface area (Å²) >= 11 is 0. The molecular formula is C22H28NO3+. The molecule has 1 heterocycles. The molecule has 0 N–H and O–H groups in total. The molecule has 4 heteroatoms. The van der Waals surface area contributed by atoms with Crippen LogP contribution in [0.1, 0.15) is 36.8 Å². The predicted octanol–water partition coefficient (Wildman–Crippen LogP) is 4.34. The summed E-state index contributed by atoms with van der Waals surface area (Å²) in [6.45, 7) is 2.92. The first-order valence-electron chi connectivity index (χ1n) is 9.25. The lowest BCUT2D eigenvalue weighted by Crippen LogP contribution is -2.43. The molecule has 0 amide bonds. The lowest BCUT2D eigenvalue weighted by molar-refractivity contribution is -0.873. The number of para-hydroxylation sites is 2. The number of quaternary nitrogens is 1. The van der Waals surface area contributed by atoms with Gasteiger partial charge in [0, 0.05) is 11.1 Å². The van der Waals surface area contributed by atoms with Gasteiger partial charge in [-0.05, 0) is 18.6 Å². The van der Waals surface area contributed by atoms with Crippen LogP contribution in [0.5, 0.6) is 11.5 Å². The lowest BCUT2D eigenvalue weighted by atomic mass is 9.88. The van der Waals surface area contributed by atoms with Crippen LogP contribution in [0.3, 0.4) is 0 Å². The second-order valence-corrected chi connectivity index (χ2v) is 7.93. The molecule has 138 valence electrons. The second-order valence-electron chi connectivity index (χ2n) is 7.93. The predicted molar refractivity (Wildman–Crippen MR) is 102 cm³/mol. The van der Waals surface area contributed by atoms with E-state index >= 15 is 0 Å². The van der Waals surface area contributed by atoms with Crippen molar-refractivity contribution < 1.29 is 18.8 Å². The fraction of sp³-hybridized carbons (Fsp3) is 0.409. The molecule has 1 aliphatic heterocycles. The number of esters is 1. The largest absolute Gasteiger partial charge is 0.457 e. The van der Waals surface area contributed by atoms with Crippen molar-refractivity contribution in [2.75, 3.05) is 27.7 Å². The van der Waals surface area contributed by atoms with Crippen molar-refractivity contribution in [1.82, 2.24) is 0 Å². The average molecular weight is 354 g/mol. The van der Waals surface area contributed by atoms with Crippen molar-refractivity contribution >= 4 is 5.97 Å². The molecule has 26 heavy (non-hydrogen) atoms. The van der Waals surface area contributed by atoms with Gasteiger partial charge >= 0.3 is 5.97 Å². The molecule has 0 aliphatic carbocycles. The smallest absolute Gasteiger partial charge is 0.318 e. The van der Waals surface area contributed by atoms with Crippen molar-refractivity contribution in [3.63, 3.8) is 0 Å². The van der Waals surface area contributed by atoms with E-state index in [1.165, 1.54) is 0 Å². The summed E-state index contributed by atoms with van der Waals surface area (Å²) in [5.74, 6) is 0.821. The highest BCUT2D eigenvalue weighted by Gasteiger charge is 2.35. The minimum atomic E-state index is -0.442. The van der Waals surface area contributed by atoms with Gasteiger partial charge in [0.2, 0.25) is 0 Å². The van der Waals surface area contributed by atoms with Crippen LogP contribution in [0.25, 0.3) is 0 Å². The zero-order valence-corrected chi connectivity index (χ0v) is 16.1. The van der Waals surface area contributed by atoms with Crippen LogP contribution in [0.4, 0.5) is 0 Å². The zero-order chi connectivity index (χ0) is 18.7. The minimum absolute atomic E-state index is 0.0883. The van der Waals surface area contributed by atoms with Gasteiger partial charge in [-0.15, -0.1) is 0 Å². The van der Waals surface area contributed by atoms with E-state index in [0.29, 0.717) is 0 Å². The van der Waals surface area contributed by atoms with E-state index < -0.39 is 5.92 Å². The number of carbonyl (C=O) groups is 1. The summed E-state index contributed by atoms with van der Waals surface area (Å²) in [7, 11) is 6.36. The van der Waals surface area contributed by atoms with E-state index in [9.17, 15) is 4.79 Å². The number of likely N-dealkylation sites (N-methyl/N-ethyl adjacent to an activating group) is 1. The highest BCUT2D eigenvalue weighted by atomic mass is 16.5. The van der Waals surface area contributed by atoms with Crippen molar-refractivity contribution in [3.05, 3.63) is 59.7 Å². The number of benzene rings is 2. The van der Waals surface area contributed by atoms with Crippen LogP contribution in [0.15, 0.2) is 48.5 Å². The van der Waals surface area contributed by atoms with Gasteiger partial charge < -0.3 is 14.0 Å². The monoisotopic (exact) mass is 354 g/mol. The number of hydrogen-bond acceptors (Lipinski definition) is 3. The summed E-state index contributed by atoms with van der Waals surface area (Å²) in [6.07, 6.45) is 1.77. The molecule has 2 aromatic rings. The van der Waals surface area contributed by atoms with Crippen LogP contribution in [-0.2, 0) is 9.53 Å². The first kappa shape index (κ1) is 18.5. The third-order valence-electron chi connectivity index (χ3n) is 4.56. The van der Waals surface area contributed by atoms with E-state index in [0.717, 1.165) is 46.5 Å². The summed E-state index contributed by atoms with van der Waals surface area (Å²) in [6, 6.07) is 15.4. The van der Waals surface area contributed by atoms with Gasteiger partial charge in [0.25, 0.3) is 0 Å². The molecule has 0 saturated carbocycles. The summed E-state index contributed by atoms with van der Waals surface area (Å²) < 4.78 is 12.8. The van der Waals surface area contributed by atoms with Gasteiger partial charge in [0.05, 0.1) is 21.1 Å². The van der Waals surface area contributed by atoms with Gasteiger partial charge in [-0.1, -0.05) is 49.7 Å². The van der Waals surface area contributed by atoms with E-state index in [1.807, 2.05) is 48.5 Å². The van der Waals surface area contributed by atoms with Gasteiger partial charge in [0.15, 0.2) is 6.10 Å². The normalized spacial score (nSPS) is 14.8. The standard InChI is InChI=1S/C22H28NO3/c1-5-10-16(15-23(2,3)4)25-22(24)21-17-11-6-8-13-19(17)26-20-14-9-7-12-18(20)21/h6-9,11-14,16,21H,5,10,15H2,1-4H3/q+1. The first-order valence-corrected chi connectivity index (χ1v) is 9.25. The fourth-order valence-electron chi connectivity index (χ4n) is 3.52. The third kappa shape index (κ3) is 4.07. The Kier molecular flexibility index (Phi) is 5.33. The molecule has 0 aromatic heterocycles. The van der Waals surface area contributed by atoms with Crippen molar-refractivity contribution in [2.45, 2.75) is 31.8 Å². The summed E-state index contributed by atoms with van der Waals surface area (Å²) in [5, 5.41) is 0. The molecule has 4 nitrogen and oxygen atoms in total. The van der Waals surface area contributed by atoms with E-state index in [1.54, 1.807) is 0 Å². The molecule has 0 bridgehead atoms. The number of ether oxygens (including phenoxy) is 2. The Bertz CT molecular complexity index is 733. The van der Waals surface area contributed by atoms with Crippen molar-refractivity contribution in [3.8, 4) is 11.5 Å². The van der Waals surface area contributed by atoms with Gasteiger partial charge in [-0.2, -0.15) is 0 Å². The molecule has 2 aromatic carbocycles. The molecule has 1 aliphatic rings. The van der Waals surface area contributed by atoms with Crippen LogP contribution >= 0.6 is 0 Å². The molecule has 1 unspecified atom stereocenters. The Labute approximate surface area is 155 Å². The Morgan fingerprint density at radius 3 is 2.08 bits per heavy atom. The zero-order valence-electron chi connectivity index (χ0n) is 16.1. The maximum Gasteiger partial charge on any atom is 0.318 e. The Morgan fingerprint density at radius 1 is 1.04 bits per heavy atom. The molecule has 0 saturated heterocycles. The van der Waals surface area contributed by atoms with Crippen LogP contribution < -0.4 is 4.74 Å². The molecule has 0 radical (unpaired) electrons. The maximum atomic E-state index is 13.2. The number of fused-ring (bicyclic) bond motifs is 2. The Morgan fingerprint density at radius 2 is 1.58 bits per heavy atom. The Hall–Kier alpha value is -2.33. The van der Waals surface area contributed by atoms with Gasteiger partial charge in [0.1, 0.15) is 24.0 Å². The summed E-state index contributed by atoms with van der Waals surface area (Å²) in [4.78, 5) is 13.2. The van der Waals surface area contributed by atoms with E-state index in [2.05, 4.69) is 28.1 Å². The SMILES string of the molecule is CCCC(C[N+](C)(C)C)OC(=O)C1c2ccccc2Oc2ccccc21. The van der Waals surface area contributed by atoms with Crippen molar-refractivity contribution in [1.29, 1.82) is 0 Å². The minimum Gasteiger partial charge on any atom is -0.457 e. The quantitative estimate of drug-likeness (QED) is 0.572. The van der Waals surface area contributed by atoms with Crippen LogP contribution in [0.2, 0.25) is 0 Å². The molecule has 0 fully saturated rings. The second kappa shape index (κ2) is 7.50. The molecular weight excluding hydrogens is 326 g/mol. The van der Waals surface area contributed by atoms with Gasteiger partial charge in [-0.3, -0.25) is 4.79 Å². The Balaban J connectivity index is 1.91. The molecule has 1 atom stereocenters. The molecule has 3 rings (SSSR count). The van der Waals surface area contributed by atoms with E-state index in [-0.39, 0.29) is 12.1 Å². The topological polar surface area (TPSA) is 35.5 Å². The first-order chi connectivity index (χ1) is 12.4. The van der Waals surface area contributed by atoms with Crippen LogP contribution in [0, 0.1) is 0 Å². The van der Waals surface area contributed by atoms with Crippen molar-refractivity contribution in [2.24, 2.45) is 0 Å². The highest BCUT2D eigenvalue weighted by molar-refractivity contribution is 5.85.